The van der Waals surface area contributed by atoms with Gasteiger partial charge < -0.3 is 74.1 Å². The summed E-state index contributed by atoms with van der Waals surface area (Å²) in [5, 5.41) is 34.1. The maximum atomic E-state index is 13.7. The number of carbonyl (C=O) groups is 3. The summed E-state index contributed by atoms with van der Waals surface area (Å²) in [6, 6.07) is 48.3. The lowest BCUT2D eigenvalue weighted by atomic mass is 9.89. The molecule has 5 aliphatic rings. The third-order valence-electron chi connectivity index (χ3n) is 15.2. The number of aliphatic hydroxyl groups excluding tert-OH is 2. The van der Waals surface area contributed by atoms with E-state index in [9.17, 15) is 39.3 Å². The van der Waals surface area contributed by atoms with Gasteiger partial charge in [0.1, 0.15) is 58.4 Å². The highest BCUT2D eigenvalue weighted by Crippen LogP contribution is 2.44. The smallest absolute Gasteiger partial charge is 0.336 e. The van der Waals surface area contributed by atoms with Gasteiger partial charge >= 0.3 is 5.97 Å². The summed E-state index contributed by atoms with van der Waals surface area (Å²) in [5.74, 6) is 1.29. The molecule has 0 aromatic heterocycles. The number of ether oxygens (including phenoxy) is 7. The number of nitrogens with one attached hydrogen (secondary N) is 1. The first kappa shape index (κ1) is 63.3. The predicted octanol–water partition coefficient (Wildman–Crippen LogP) is 10.8. The Hall–Kier alpha value is -9.77. The average molecular weight is 1220 g/mol. The van der Waals surface area contributed by atoms with Gasteiger partial charge in [-0.25, -0.2) is 4.79 Å². The fourth-order valence-corrected chi connectivity index (χ4v) is 10.6. The van der Waals surface area contributed by atoms with Gasteiger partial charge in [0.2, 0.25) is 5.91 Å². The van der Waals surface area contributed by atoms with E-state index in [1.165, 1.54) is 31.4 Å². The Morgan fingerprint density at radius 1 is 0.556 bits per heavy atom. The molecule has 464 valence electrons. The van der Waals surface area contributed by atoms with Crippen molar-refractivity contribution in [2.24, 2.45) is 5.92 Å². The number of benzene rings is 8. The van der Waals surface area contributed by atoms with Crippen LogP contribution in [0.25, 0.3) is 66.8 Å². The number of ketones is 1. The molecule has 2 unspecified atom stereocenters. The van der Waals surface area contributed by atoms with E-state index in [1.54, 1.807) is 110 Å². The molecular weight excluding hydrogens is 1150 g/mol. The van der Waals surface area contributed by atoms with Crippen molar-refractivity contribution in [1.29, 1.82) is 0 Å². The Bertz CT molecular complexity index is 4180. The van der Waals surface area contributed by atoms with Crippen molar-refractivity contribution in [1.82, 2.24) is 5.32 Å². The third-order valence-corrected chi connectivity index (χ3v) is 15.2. The monoisotopic (exact) mass is 1220 g/mol. The van der Waals surface area contributed by atoms with Crippen LogP contribution in [0, 0.1) is 5.92 Å². The minimum atomic E-state index is -1.16. The molecule has 2 aliphatic carbocycles. The number of anilines is 2. The Kier molecular flexibility index (Phi) is 20.7. The minimum absolute atomic E-state index is 0.00697. The molecule has 0 bridgehead atoms. The summed E-state index contributed by atoms with van der Waals surface area (Å²) in [6.07, 6.45) is -2.06. The SMILES string of the molecule is CO[C@@H]1OC(COCC(=O)NCCOCCOCCCCC(=O)c2ccccc2-c2c3ccc(=O)cc-3oc3cc(Oc4ccc(N)cc4)ccc23)[C@@H](C)[C@H](O)C1O.Nc1ccc(Oc2ccc3c(-c4ccccc4C(=O)O)c4ccc(=O)cc-4oc3c2)cc1. The van der Waals surface area contributed by atoms with Crippen molar-refractivity contribution in [3.8, 4) is 67.9 Å². The number of amides is 1. The van der Waals surface area contributed by atoms with E-state index in [0.29, 0.717) is 142 Å². The second-order valence-electron chi connectivity index (χ2n) is 21.4. The number of hydrogen-bond acceptors (Lipinski definition) is 18. The molecule has 1 amide bonds. The van der Waals surface area contributed by atoms with E-state index in [1.807, 2.05) is 42.5 Å². The van der Waals surface area contributed by atoms with Gasteiger partial charge in [-0.05, 0) is 127 Å². The third kappa shape index (κ3) is 15.4. The van der Waals surface area contributed by atoms with E-state index in [2.05, 4.69) is 5.32 Å². The molecular formula is C70H67N3O17. The summed E-state index contributed by atoms with van der Waals surface area (Å²) >= 11 is 0. The molecule has 90 heavy (non-hydrogen) atoms. The number of fused-ring (bicyclic) bond motifs is 4. The Morgan fingerprint density at radius 2 is 1.07 bits per heavy atom. The van der Waals surface area contributed by atoms with Gasteiger partial charge in [0.25, 0.3) is 0 Å². The van der Waals surface area contributed by atoms with Crippen molar-refractivity contribution < 1.29 is 71.7 Å². The van der Waals surface area contributed by atoms with E-state index in [4.69, 9.17) is 53.5 Å². The Morgan fingerprint density at radius 3 is 1.61 bits per heavy atom. The topological polar surface area (TPSA) is 301 Å². The zero-order valence-electron chi connectivity index (χ0n) is 49.3. The maximum absolute atomic E-state index is 13.7. The van der Waals surface area contributed by atoms with Crippen LogP contribution in [0.5, 0.6) is 23.0 Å². The van der Waals surface area contributed by atoms with Gasteiger partial charge in [-0.15, -0.1) is 0 Å². The summed E-state index contributed by atoms with van der Waals surface area (Å²) < 4.78 is 51.6. The van der Waals surface area contributed by atoms with Gasteiger partial charge in [-0.3, -0.25) is 19.2 Å². The first-order valence-corrected chi connectivity index (χ1v) is 29.2. The molecule has 11 rings (SSSR count). The number of rotatable bonds is 24. The van der Waals surface area contributed by atoms with Crippen LogP contribution in [-0.4, -0.2) is 111 Å². The van der Waals surface area contributed by atoms with Gasteiger partial charge in [-0.2, -0.15) is 0 Å². The summed E-state index contributed by atoms with van der Waals surface area (Å²) in [7, 11) is 1.38. The van der Waals surface area contributed by atoms with Crippen molar-refractivity contribution in [2.75, 3.05) is 64.8 Å². The predicted molar refractivity (Wildman–Crippen MR) is 338 cm³/mol. The fraction of sp³-hybridized carbons (Fsp3) is 0.243. The number of hydrogen-bond donors (Lipinski definition) is 6. The quantitative estimate of drug-likeness (QED) is 0.0142. The van der Waals surface area contributed by atoms with Crippen molar-refractivity contribution >= 4 is 51.0 Å². The molecule has 8 N–H and O–H groups in total. The summed E-state index contributed by atoms with van der Waals surface area (Å²) in [6.45, 7) is 3.36. The number of aromatic carboxylic acids is 1. The highest BCUT2D eigenvalue weighted by atomic mass is 16.7. The molecule has 3 heterocycles. The van der Waals surface area contributed by atoms with Gasteiger partial charge in [-0.1, -0.05) is 49.4 Å². The number of carboxylic acids is 1. The molecule has 6 aromatic rings. The number of unbranched alkanes of at least 4 members (excludes halogenated alkanes) is 1. The number of carboxylic acid groups (broad SMARTS) is 1. The second-order valence-corrected chi connectivity index (χ2v) is 21.4. The standard InChI is InChI=1S/C44H50N2O12.C26H17NO5/c1-27-39(58-44(52-2)43(51)42(27)50)25-55-26-40(49)46-18-20-54-22-21-53-19-6-5-9-36(48)32-7-3-4-8-33(32)41-34-16-12-29(47)23-37(34)57-38-24-31(15-17-35(38)41)56-30-13-10-28(45)11-14-30;27-15-5-8-17(9-6-15)31-18-10-12-22-24(14-18)32-23-13-16(28)7-11-21(23)25(22)19-3-1-2-4-20(19)26(29)30/h3-4,7-8,10-17,23-24,27,39,42-44,50-51H,5-6,9,18-22,25-26,45H2,1-2H3,(H,46,49);1-14H,27H2,(H,29,30)/t27-,39?,42+,43?,44-;/m1./s1. The summed E-state index contributed by atoms with van der Waals surface area (Å²) in [4.78, 5) is 62.1. The van der Waals surface area contributed by atoms with Crippen molar-refractivity contribution in [2.45, 2.75) is 50.8 Å². The number of carbonyl (C=O) groups excluding carboxylic acids is 2. The van der Waals surface area contributed by atoms with Crippen LogP contribution in [0.4, 0.5) is 11.4 Å². The van der Waals surface area contributed by atoms with Gasteiger partial charge in [0.15, 0.2) is 22.9 Å². The van der Waals surface area contributed by atoms with E-state index in [-0.39, 0.29) is 41.3 Å². The van der Waals surface area contributed by atoms with Crippen LogP contribution >= 0.6 is 0 Å². The number of methoxy groups -OCH3 is 1. The molecule has 3 aliphatic heterocycles. The molecule has 5 atom stereocenters. The number of nitrogen functional groups attached to an aromatic ring is 2. The Labute approximate surface area is 516 Å². The number of Topliss-reactive ketones (excluding diaryl/α,β-unsaturated/α-hetero) is 1. The normalized spacial score (nSPS) is 16.4. The number of nitrogens with two attached hydrogens (primary N) is 2. The van der Waals surface area contributed by atoms with Gasteiger partial charge in [0.05, 0.1) is 44.2 Å². The van der Waals surface area contributed by atoms with Crippen molar-refractivity contribution in [3.63, 3.8) is 0 Å². The second kappa shape index (κ2) is 29.5. The van der Waals surface area contributed by atoms with E-state index in [0.717, 1.165) is 16.5 Å². The van der Waals surface area contributed by atoms with Crippen LogP contribution in [0.3, 0.4) is 0 Å². The van der Waals surface area contributed by atoms with E-state index < -0.39 is 36.5 Å². The van der Waals surface area contributed by atoms with Gasteiger partial charge in [0, 0.05) is 107 Å². The maximum Gasteiger partial charge on any atom is 0.336 e. The van der Waals surface area contributed by atoms with Crippen LogP contribution < -0.4 is 37.1 Å². The molecule has 1 saturated heterocycles. The zero-order valence-corrected chi connectivity index (χ0v) is 49.3. The lowest BCUT2D eigenvalue weighted by Crippen LogP contribution is -2.55. The highest BCUT2D eigenvalue weighted by molar-refractivity contribution is 6.10. The van der Waals surface area contributed by atoms with Crippen LogP contribution in [0.15, 0.2) is 188 Å². The minimum Gasteiger partial charge on any atom is -0.478 e. The fourth-order valence-electron chi connectivity index (χ4n) is 10.6. The largest absolute Gasteiger partial charge is 0.478 e. The van der Waals surface area contributed by atoms with Crippen LogP contribution in [0.2, 0.25) is 0 Å². The highest BCUT2D eigenvalue weighted by Gasteiger charge is 2.42. The zero-order chi connectivity index (χ0) is 63.3. The van der Waals surface area contributed by atoms with Crippen molar-refractivity contribution in [3.05, 3.63) is 201 Å². The molecule has 0 saturated carbocycles. The molecule has 0 radical (unpaired) electrons. The molecule has 1 fully saturated rings. The lowest BCUT2D eigenvalue weighted by molar-refractivity contribution is -0.282. The van der Waals surface area contributed by atoms with Crippen LogP contribution in [-0.2, 0) is 28.5 Å². The molecule has 6 aromatic carbocycles. The average Bonchev–Trinajstić information content (AvgIpc) is 1.36. The van der Waals surface area contributed by atoms with Crippen LogP contribution in [0.1, 0.15) is 46.9 Å². The molecule has 20 heteroatoms. The lowest BCUT2D eigenvalue weighted by Gasteiger charge is -2.40. The summed E-state index contributed by atoms with van der Waals surface area (Å²) in [5.41, 5.74) is 18.2. The first-order valence-electron chi connectivity index (χ1n) is 29.2. The Balaban J connectivity index is 0.000000233. The molecule has 0 spiro atoms. The first-order chi connectivity index (χ1) is 43.6. The molecule has 20 nitrogen and oxygen atoms in total. The number of aliphatic hydroxyl groups is 2. The van der Waals surface area contributed by atoms with E-state index >= 15 is 0 Å².